The Hall–Kier alpha value is -3.78. The van der Waals surface area contributed by atoms with Gasteiger partial charge in [0, 0.05) is 9.89 Å². The van der Waals surface area contributed by atoms with E-state index in [2.05, 4.69) is 21.0 Å². The second-order valence-electron chi connectivity index (χ2n) is 9.07. The lowest BCUT2D eigenvalue weighted by Gasteiger charge is -2.20. The van der Waals surface area contributed by atoms with Crippen molar-refractivity contribution in [2.75, 3.05) is 0 Å². The Morgan fingerprint density at radius 3 is 2.54 bits per heavy atom. The monoisotopic (exact) mass is 533 g/mol. The van der Waals surface area contributed by atoms with Gasteiger partial charge in [0.15, 0.2) is 0 Å². The van der Waals surface area contributed by atoms with Gasteiger partial charge in [-0.1, -0.05) is 61.0 Å². The highest BCUT2D eigenvalue weighted by Gasteiger charge is 2.22. The number of fused-ring (bicyclic) bond motifs is 1. The van der Waals surface area contributed by atoms with Gasteiger partial charge in [0.1, 0.15) is 18.2 Å². The van der Waals surface area contributed by atoms with Crippen molar-refractivity contribution >= 4 is 39.0 Å². The molecule has 8 heteroatoms. The SMILES string of the molecule is CC(C)(C)c1nc2ccc(Br)cc2c(=O)n1N=Cc1cccc(OCc2ccc(C(=O)O)cc2)c1. The van der Waals surface area contributed by atoms with Gasteiger partial charge in [0.2, 0.25) is 0 Å². The summed E-state index contributed by atoms with van der Waals surface area (Å²) in [6.07, 6.45) is 1.61. The Bertz CT molecular complexity index is 1490. The third-order valence-corrected chi connectivity index (χ3v) is 5.76. The third-order valence-electron chi connectivity index (χ3n) is 5.27. The van der Waals surface area contributed by atoms with E-state index in [9.17, 15) is 9.59 Å². The minimum atomic E-state index is -0.965. The Labute approximate surface area is 210 Å². The molecule has 1 heterocycles. The fraction of sp³-hybridized carbons (Fsp3) is 0.185. The van der Waals surface area contributed by atoms with Crippen LogP contribution in [0.25, 0.3) is 10.9 Å². The number of carboxylic acid groups (broad SMARTS) is 1. The minimum absolute atomic E-state index is 0.229. The molecule has 178 valence electrons. The van der Waals surface area contributed by atoms with E-state index in [0.717, 1.165) is 15.6 Å². The summed E-state index contributed by atoms with van der Waals surface area (Å²) in [5, 5.41) is 14.0. The molecule has 0 aliphatic rings. The quantitative estimate of drug-likeness (QED) is 0.325. The molecule has 35 heavy (non-hydrogen) atoms. The van der Waals surface area contributed by atoms with Gasteiger partial charge >= 0.3 is 5.97 Å². The first-order valence-corrected chi connectivity index (χ1v) is 11.7. The highest BCUT2D eigenvalue weighted by molar-refractivity contribution is 9.10. The standard InChI is InChI=1S/C27H24BrN3O4/c1-27(2,3)26-30-23-12-11-20(28)14-22(23)24(32)31(26)29-15-18-5-4-6-21(13-18)35-16-17-7-9-19(10-8-17)25(33)34/h4-15H,16H2,1-3H3,(H,33,34). The van der Waals surface area contributed by atoms with Crippen molar-refractivity contribution in [1.82, 2.24) is 9.66 Å². The number of carbonyl (C=O) groups is 1. The van der Waals surface area contributed by atoms with Crippen molar-refractivity contribution in [2.45, 2.75) is 32.8 Å². The predicted octanol–water partition coefficient (Wildman–Crippen LogP) is 5.62. The Morgan fingerprint density at radius 2 is 1.86 bits per heavy atom. The first-order chi connectivity index (χ1) is 16.6. The van der Waals surface area contributed by atoms with Crippen molar-refractivity contribution in [2.24, 2.45) is 5.10 Å². The number of hydrogen-bond donors (Lipinski definition) is 1. The van der Waals surface area contributed by atoms with Crippen LogP contribution >= 0.6 is 15.9 Å². The molecule has 0 saturated heterocycles. The second-order valence-corrected chi connectivity index (χ2v) is 9.99. The molecule has 0 bridgehead atoms. The molecule has 0 radical (unpaired) electrons. The van der Waals surface area contributed by atoms with Crippen LogP contribution in [-0.4, -0.2) is 27.0 Å². The average molecular weight is 534 g/mol. The summed E-state index contributed by atoms with van der Waals surface area (Å²) in [5.74, 6) is 0.221. The van der Waals surface area contributed by atoms with E-state index in [0.29, 0.717) is 22.5 Å². The number of carboxylic acids is 1. The minimum Gasteiger partial charge on any atom is -0.489 e. The van der Waals surface area contributed by atoms with Crippen LogP contribution in [0.15, 0.2) is 81.1 Å². The molecule has 0 atom stereocenters. The van der Waals surface area contributed by atoms with E-state index in [1.54, 1.807) is 36.5 Å². The van der Waals surface area contributed by atoms with E-state index in [-0.39, 0.29) is 17.7 Å². The summed E-state index contributed by atoms with van der Waals surface area (Å²) in [6.45, 7) is 6.26. The van der Waals surface area contributed by atoms with Gasteiger partial charge in [0.05, 0.1) is 22.7 Å². The summed E-state index contributed by atoms with van der Waals surface area (Å²) in [5.41, 5.74) is 1.82. The van der Waals surface area contributed by atoms with Crippen LogP contribution in [-0.2, 0) is 12.0 Å². The van der Waals surface area contributed by atoms with Crippen LogP contribution in [0, 0.1) is 0 Å². The van der Waals surface area contributed by atoms with E-state index < -0.39 is 11.4 Å². The fourth-order valence-electron chi connectivity index (χ4n) is 3.46. The third kappa shape index (κ3) is 5.66. The van der Waals surface area contributed by atoms with Crippen molar-refractivity contribution in [3.8, 4) is 5.75 Å². The first kappa shape index (κ1) is 24.3. The molecule has 1 N–H and O–H groups in total. The molecular weight excluding hydrogens is 510 g/mol. The summed E-state index contributed by atoms with van der Waals surface area (Å²) in [7, 11) is 0. The molecule has 4 aromatic rings. The number of aromatic nitrogens is 2. The summed E-state index contributed by atoms with van der Waals surface area (Å²) >= 11 is 3.42. The number of ether oxygens (including phenoxy) is 1. The highest BCUT2D eigenvalue weighted by Crippen LogP contribution is 2.23. The molecule has 0 aliphatic heterocycles. The van der Waals surface area contributed by atoms with Crippen molar-refractivity contribution in [3.63, 3.8) is 0 Å². The zero-order valence-electron chi connectivity index (χ0n) is 19.5. The molecule has 4 rings (SSSR count). The van der Waals surface area contributed by atoms with Gasteiger partial charge in [-0.2, -0.15) is 9.78 Å². The van der Waals surface area contributed by atoms with Gasteiger partial charge < -0.3 is 9.84 Å². The van der Waals surface area contributed by atoms with Gasteiger partial charge in [-0.25, -0.2) is 9.78 Å². The van der Waals surface area contributed by atoms with Gasteiger partial charge in [-0.05, 0) is 53.6 Å². The van der Waals surface area contributed by atoms with E-state index >= 15 is 0 Å². The molecule has 1 aromatic heterocycles. The van der Waals surface area contributed by atoms with Gasteiger partial charge in [0.25, 0.3) is 5.56 Å². The van der Waals surface area contributed by atoms with Crippen LogP contribution in [0.2, 0.25) is 0 Å². The van der Waals surface area contributed by atoms with Crippen LogP contribution in [0.4, 0.5) is 0 Å². The molecular formula is C27H24BrN3O4. The van der Waals surface area contributed by atoms with Crippen molar-refractivity contribution < 1.29 is 14.6 Å². The lowest BCUT2D eigenvalue weighted by molar-refractivity contribution is 0.0697. The van der Waals surface area contributed by atoms with E-state index in [4.69, 9.17) is 14.8 Å². The zero-order valence-corrected chi connectivity index (χ0v) is 21.1. The normalized spacial score (nSPS) is 11.8. The summed E-state index contributed by atoms with van der Waals surface area (Å²) in [6, 6.07) is 19.3. The van der Waals surface area contributed by atoms with Gasteiger partial charge in [-0.3, -0.25) is 4.79 Å². The Kier molecular flexibility index (Phi) is 6.84. The number of nitrogens with zero attached hydrogens (tertiary/aromatic N) is 3. The average Bonchev–Trinajstić information content (AvgIpc) is 2.82. The lowest BCUT2D eigenvalue weighted by Crippen LogP contribution is -2.29. The second kappa shape index (κ2) is 9.84. The smallest absolute Gasteiger partial charge is 0.335 e. The number of benzene rings is 3. The number of hydrogen-bond acceptors (Lipinski definition) is 5. The van der Waals surface area contributed by atoms with Gasteiger partial charge in [-0.15, -0.1) is 0 Å². The van der Waals surface area contributed by atoms with E-state index in [1.165, 1.54) is 4.68 Å². The van der Waals surface area contributed by atoms with Crippen molar-refractivity contribution in [1.29, 1.82) is 0 Å². The maximum Gasteiger partial charge on any atom is 0.335 e. The maximum atomic E-state index is 13.3. The number of aromatic carboxylic acids is 1. The lowest BCUT2D eigenvalue weighted by atomic mass is 9.95. The van der Waals surface area contributed by atoms with Crippen LogP contribution in [0.5, 0.6) is 5.75 Å². The molecule has 0 spiro atoms. The molecule has 7 nitrogen and oxygen atoms in total. The Balaban J connectivity index is 1.61. The fourth-order valence-corrected chi connectivity index (χ4v) is 3.82. The Morgan fingerprint density at radius 1 is 1.11 bits per heavy atom. The van der Waals surface area contributed by atoms with Crippen LogP contribution < -0.4 is 10.3 Å². The summed E-state index contributed by atoms with van der Waals surface area (Å²) < 4.78 is 8.01. The van der Waals surface area contributed by atoms with Crippen LogP contribution in [0.1, 0.15) is 48.1 Å². The van der Waals surface area contributed by atoms with Crippen LogP contribution in [0.3, 0.4) is 0 Å². The van der Waals surface area contributed by atoms with E-state index in [1.807, 2.05) is 57.2 Å². The number of rotatable bonds is 6. The molecule has 3 aromatic carbocycles. The predicted molar refractivity (Wildman–Crippen MR) is 140 cm³/mol. The van der Waals surface area contributed by atoms with Crippen molar-refractivity contribution in [3.05, 3.63) is 104 Å². The topological polar surface area (TPSA) is 93.8 Å². The molecule has 0 amide bonds. The molecule has 0 saturated carbocycles. The largest absolute Gasteiger partial charge is 0.489 e. The summed E-state index contributed by atoms with van der Waals surface area (Å²) in [4.78, 5) is 29.0. The molecule has 0 aliphatic carbocycles. The first-order valence-electron chi connectivity index (χ1n) is 10.9. The molecule has 0 fully saturated rings. The molecule has 0 unspecified atom stereocenters. The maximum absolute atomic E-state index is 13.3. The highest BCUT2D eigenvalue weighted by atomic mass is 79.9. The zero-order chi connectivity index (χ0) is 25.2. The number of halogens is 1.